The van der Waals surface area contributed by atoms with Crippen molar-refractivity contribution in [2.24, 2.45) is 0 Å². The number of halogens is 2. The van der Waals surface area contributed by atoms with E-state index in [0.29, 0.717) is 6.92 Å². The third-order valence-electron chi connectivity index (χ3n) is 3.41. The molecule has 1 heterocycles. The number of benzene rings is 1. The van der Waals surface area contributed by atoms with E-state index in [1.54, 1.807) is 12.2 Å². The number of sulfonamides is 1. The summed E-state index contributed by atoms with van der Waals surface area (Å²) in [6, 6.07) is 3.01. The SMILES string of the molecule is CC(F)(F)c1ccc(S(=O)(=O)N2CC=CCC2C(=O)O)cc1. The lowest BCUT2D eigenvalue weighted by Crippen LogP contribution is -2.46. The smallest absolute Gasteiger partial charge is 0.322 e. The summed E-state index contributed by atoms with van der Waals surface area (Å²) in [6.07, 6.45) is 3.23. The van der Waals surface area contributed by atoms with Gasteiger partial charge >= 0.3 is 5.97 Å². The van der Waals surface area contributed by atoms with Crippen molar-refractivity contribution in [3.63, 3.8) is 0 Å². The van der Waals surface area contributed by atoms with Crippen molar-refractivity contribution in [1.29, 1.82) is 0 Å². The Bertz CT molecular complexity index is 693. The van der Waals surface area contributed by atoms with E-state index in [1.807, 2.05) is 0 Å². The summed E-state index contributed by atoms with van der Waals surface area (Å²) in [5.41, 5.74) is -0.306. The van der Waals surface area contributed by atoms with E-state index in [-0.39, 0.29) is 23.4 Å². The molecular formula is C14H15F2NO4S. The van der Waals surface area contributed by atoms with Gasteiger partial charge in [-0.25, -0.2) is 17.2 Å². The van der Waals surface area contributed by atoms with Crippen molar-refractivity contribution in [2.75, 3.05) is 6.54 Å². The zero-order valence-electron chi connectivity index (χ0n) is 11.7. The van der Waals surface area contributed by atoms with Gasteiger partial charge in [0.05, 0.1) is 4.90 Å². The molecule has 8 heteroatoms. The highest BCUT2D eigenvalue weighted by Gasteiger charge is 2.36. The Balaban J connectivity index is 2.37. The molecule has 120 valence electrons. The van der Waals surface area contributed by atoms with Crippen LogP contribution in [0.3, 0.4) is 0 Å². The lowest BCUT2D eigenvalue weighted by Gasteiger charge is -2.29. The number of nitrogens with zero attached hydrogens (tertiary/aromatic N) is 1. The largest absolute Gasteiger partial charge is 0.480 e. The Morgan fingerprint density at radius 1 is 1.27 bits per heavy atom. The molecule has 0 spiro atoms. The molecule has 1 aromatic carbocycles. The van der Waals surface area contributed by atoms with Crippen LogP contribution in [0.2, 0.25) is 0 Å². The van der Waals surface area contributed by atoms with E-state index >= 15 is 0 Å². The number of carboxylic acid groups (broad SMARTS) is 1. The van der Waals surface area contributed by atoms with Crippen molar-refractivity contribution in [3.05, 3.63) is 42.0 Å². The van der Waals surface area contributed by atoms with Crippen LogP contribution in [0.1, 0.15) is 18.9 Å². The van der Waals surface area contributed by atoms with Gasteiger partial charge in [-0.1, -0.05) is 24.3 Å². The maximum Gasteiger partial charge on any atom is 0.322 e. The maximum atomic E-state index is 13.2. The second-order valence-electron chi connectivity index (χ2n) is 5.05. The topological polar surface area (TPSA) is 74.7 Å². The number of carbonyl (C=O) groups is 1. The van der Waals surface area contributed by atoms with Gasteiger partial charge in [0.1, 0.15) is 6.04 Å². The molecule has 2 rings (SSSR count). The van der Waals surface area contributed by atoms with E-state index in [4.69, 9.17) is 5.11 Å². The minimum Gasteiger partial charge on any atom is -0.480 e. The van der Waals surface area contributed by atoms with E-state index < -0.39 is 28.0 Å². The van der Waals surface area contributed by atoms with Crippen molar-refractivity contribution in [1.82, 2.24) is 4.31 Å². The molecular weight excluding hydrogens is 316 g/mol. The molecule has 1 aliphatic rings. The number of carboxylic acids is 1. The standard InChI is InChI=1S/C14H15F2NO4S/c1-14(15,16)10-5-7-11(8-6-10)22(20,21)17-9-3-2-4-12(17)13(18)19/h2-3,5-8,12H,4,9H2,1H3,(H,18,19). The number of hydrogen-bond acceptors (Lipinski definition) is 3. The van der Waals surface area contributed by atoms with E-state index in [2.05, 4.69) is 0 Å². The first kappa shape index (κ1) is 16.6. The van der Waals surface area contributed by atoms with Gasteiger partial charge in [-0.15, -0.1) is 0 Å². The quantitative estimate of drug-likeness (QED) is 0.858. The van der Waals surface area contributed by atoms with Crippen molar-refractivity contribution in [2.45, 2.75) is 30.2 Å². The van der Waals surface area contributed by atoms with Gasteiger partial charge in [0.25, 0.3) is 5.92 Å². The van der Waals surface area contributed by atoms with Gasteiger partial charge in [0, 0.05) is 19.0 Å². The van der Waals surface area contributed by atoms with Crippen LogP contribution in [0, 0.1) is 0 Å². The van der Waals surface area contributed by atoms with Gasteiger partial charge < -0.3 is 5.11 Å². The number of rotatable bonds is 4. The molecule has 0 fully saturated rings. The van der Waals surface area contributed by atoms with Crippen LogP contribution in [0.25, 0.3) is 0 Å². The van der Waals surface area contributed by atoms with Crippen molar-refractivity contribution >= 4 is 16.0 Å². The van der Waals surface area contributed by atoms with Gasteiger partial charge in [0.2, 0.25) is 10.0 Å². The minimum atomic E-state index is -4.06. The summed E-state index contributed by atoms with van der Waals surface area (Å²) in [6.45, 7) is 0.650. The van der Waals surface area contributed by atoms with Crippen LogP contribution in [-0.2, 0) is 20.7 Å². The molecule has 1 atom stereocenters. The van der Waals surface area contributed by atoms with Crippen LogP contribution >= 0.6 is 0 Å². The Labute approximate surface area is 126 Å². The van der Waals surface area contributed by atoms with E-state index in [9.17, 15) is 22.0 Å². The Morgan fingerprint density at radius 3 is 2.36 bits per heavy atom. The average molecular weight is 331 g/mol. The van der Waals surface area contributed by atoms with E-state index in [0.717, 1.165) is 28.6 Å². The molecule has 0 aromatic heterocycles. The maximum absolute atomic E-state index is 13.2. The Morgan fingerprint density at radius 2 is 1.86 bits per heavy atom. The summed E-state index contributed by atoms with van der Waals surface area (Å²) >= 11 is 0. The fourth-order valence-electron chi connectivity index (χ4n) is 2.19. The fraction of sp³-hybridized carbons (Fsp3) is 0.357. The first-order chi connectivity index (χ1) is 10.1. The van der Waals surface area contributed by atoms with Gasteiger partial charge in [-0.05, 0) is 18.6 Å². The predicted octanol–water partition coefficient (Wildman–Crippen LogP) is 2.20. The molecule has 0 saturated heterocycles. The summed E-state index contributed by atoms with van der Waals surface area (Å²) in [4.78, 5) is 11.0. The molecule has 1 aliphatic heterocycles. The van der Waals surface area contributed by atoms with Crippen molar-refractivity contribution < 1.29 is 27.1 Å². The second kappa shape index (κ2) is 5.77. The third kappa shape index (κ3) is 3.17. The van der Waals surface area contributed by atoms with Crippen LogP contribution in [0.15, 0.2) is 41.3 Å². The highest BCUT2D eigenvalue weighted by atomic mass is 32.2. The molecule has 1 aromatic rings. The third-order valence-corrected chi connectivity index (χ3v) is 5.30. The molecule has 0 aliphatic carbocycles. The normalized spacial score (nSPS) is 20.0. The first-order valence-corrected chi connectivity index (χ1v) is 7.96. The van der Waals surface area contributed by atoms with Gasteiger partial charge in [-0.2, -0.15) is 4.31 Å². The lowest BCUT2D eigenvalue weighted by molar-refractivity contribution is -0.141. The summed E-state index contributed by atoms with van der Waals surface area (Å²) in [7, 11) is -4.06. The average Bonchev–Trinajstić information content (AvgIpc) is 2.46. The van der Waals surface area contributed by atoms with Crippen LogP contribution in [0.4, 0.5) is 8.78 Å². The van der Waals surface area contributed by atoms with Crippen molar-refractivity contribution in [3.8, 4) is 0 Å². The fourth-order valence-corrected chi connectivity index (χ4v) is 3.74. The van der Waals surface area contributed by atoms with E-state index in [1.165, 1.54) is 0 Å². The molecule has 0 radical (unpaired) electrons. The van der Waals surface area contributed by atoms with Crippen LogP contribution < -0.4 is 0 Å². The minimum absolute atomic E-state index is 0.0645. The summed E-state index contributed by atoms with van der Waals surface area (Å²) < 4.78 is 52.2. The Kier molecular flexibility index (Phi) is 4.35. The zero-order chi connectivity index (χ0) is 16.5. The molecule has 0 saturated carbocycles. The number of aliphatic carboxylic acids is 1. The van der Waals surface area contributed by atoms with Gasteiger partial charge in [0.15, 0.2) is 0 Å². The molecule has 1 unspecified atom stereocenters. The molecule has 5 nitrogen and oxygen atoms in total. The Hall–Kier alpha value is -1.80. The molecule has 1 N–H and O–H groups in total. The second-order valence-corrected chi connectivity index (χ2v) is 6.94. The molecule has 0 amide bonds. The summed E-state index contributed by atoms with van der Waals surface area (Å²) in [5.74, 6) is -4.32. The molecule has 22 heavy (non-hydrogen) atoms. The monoisotopic (exact) mass is 331 g/mol. The highest BCUT2D eigenvalue weighted by molar-refractivity contribution is 7.89. The number of alkyl halides is 2. The lowest BCUT2D eigenvalue weighted by atomic mass is 10.1. The highest BCUT2D eigenvalue weighted by Crippen LogP contribution is 2.29. The first-order valence-electron chi connectivity index (χ1n) is 6.52. The number of hydrogen-bond donors (Lipinski definition) is 1. The molecule has 0 bridgehead atoms. The predicted molar refractivity (Wildman–Crippen MR) is 75.1 cm³/mol. The van der Waals surface area contributed by atoms with Gasteiger partial charge in [-0.3, -0.25) is 4.79 Å². The zero-order valence-corrected chi connectivity index (χ0v) is 12.6. The van der Waals surface area contributed by atoms with Crippen LogP contribution in [0.5, 0.6) is 0 Å². The van der Waals surface area contributed by atoms with Crippen LogP contribution in [-0.4, -0.2) is 36.4 Å². The summed E-state index contributed by atoms with van der Waals surface area (Å²) in [5, 5.41) is 9.13.